The average molecular weight is 626 g/mol. The van der Waals surface area contributed by atoms with E-state index < -0.39 is 0 Å². The van der Waals surface area contributed by atoms with Gasteiger partial charge in [-0.2, -0.15) is 0 Å². The zero-order chi connectivity index (χ0) is 32.3. The van der Waals surface area contributed by atoms with Crippen molar-refractivity contribution in [3.05, 3.63) is 186 Å². The van der Waals surface area contributed by atoms with E-state index in [1.54, 1.807) is 0 Å². The molecule has 0 saturated carbocycles. The van der Waals surface area contributed by atoms with Crippen molar-refractivity contribution in [3.63, 3.8) is 0 Å². The monoisotopic (exact) mass is 625 g/mol. The Morgan fingerprint density at radius 2 is 0.959 bits per heavy atom. The van der Waals surface area contributed by atoms with E-state index in [1.165, 1.54) is 60.5 Å². The normalized spacial score (nSPS) is 12.3. The summed E-state index contributed by atoms with van der Waals surface area (Å²) in [4.78, 5) is 10.1. The Balaban J connectivity index is 1.03. The summed E-state index contributed by atoms with van der Waals surface area (Å²) in [6, 6.07) is 58.8. The molecule has 0 atom stereocenters. The molecule has 230 valence electrons. The zero-order valence-electron chi connectivity index (χ0n) is 26.8. The van der Waals surface area contributed by atoms with Crippen molar-refractivity contribution >= 4 is 32.6 Å². The summed E-state index contributed by atoms with van der Waals surface area (Å²) < 4.78 is 2.42. The maximum atomic E-state index is 5.08. The molecule has 1 aliphatic carbocycles. The fourth-order valence-corrected chi connectivity index (χ4v) is 7.65. The molecule has 0 saturated heterocycles. The third kappa shape index (κ3) is 4.74. The lowest BCUT2D eigenvalue weighted by molar-refractivity contribution is 0.997. The minimum Gasteiger partial charge on any atom is -0.309 e. The number of benzene rings is 7. The van der Waals surface area contributed by atoms with E-state index in [2.05, 4.69) is 144 Å². The predicted octanol–water partition coefficient (Wildman–Crippen LogP) is 11.2. The minimum atomic E-state index is 0.736. The van der Waals surface area contributed by atoms with Crippen LogP contribution in [0.3, 0.4) is 0 Å². The second-order valence-corrected chi connectivity index (χ2v) is 13.1. The maximum absolute atomic E-state index is 5.08. The number of fused-ring (bicyclic) bond motifs is 6. The predicted molar refractivity (Wildman–Crippen MR) is 202 cm³/mol. The summed E-state index contributed by atoms with van der Waals surface area (Å²) in [5.74, 6) is 0.736. The van der Waals surface area contributed by atoms with E-state index in [0.717, 1.165) is 46.7 Å². The zero-order valence-corrected chi connectivity index (χ0v) is 26.8. The average Bonchev–Trinajstić information content (AvgIpc) is 3.51. The molecule has 0 radical (unpaired) electrons. The Morgan fingerprint density at radius 3 is 1.67 bits per heavy atom. The van der Waals surface area contributed by atoms with E-state index in [4.69, 9.17) is 9.97 Å². The van der Waals surface area contributed by atoms with Gasteiger partial charge in [-0.3, -0.25) is 0 Å². The van der Waals surface area contributed by atoms with E-state index in [9.17, 15) is 0 Å². The SMILES string of the molecule is c1ccc(-c2cc(-c3ccc4cc5c(cc4c3)Cc3ccc(-n4c6ccccc6c6ccccc64)cc3C5)nc(-c3ccccc3)n2)cc1. The number of aromatic nitrogens is 3. The van der Waals surface area contributed by atoms with Crippen LogP contribution in [0.5, 0.6) is 0 Å². The Labute approximate surface area is 284 Å². The molecule has 9 aromatic rings. The first kappa shape index (κ1) is 27.8. The highest BCUT2D eigenvalue weighted by atomic mass is 15.0. The Bertz CT molecular complexity index is 2590. The van der Waals surface area contributed by atoms with Gasteiger partial charge in [-0.15, -0.1) is 0 Å². The van der Waals surface area contributed by atoms with Gasteiger partial charge in [0.05, 0.1) is 22.4 Å². The van der Waals surface area contributed by atoms with Gasteiger partial charge in [-0.1, -0.05) is 127 Å². The van der Waals surface area contributed by atoms with Crippen molar-refractivity contribution in [1.29, 1.82) is 0 Å². The second kappa shape index (κ2) is 11.1. The van der Waals surface area contributed by atoms with E-state index >= 15 is 0 Å². The number of hydrogen-bond acceptors (Lipinski definition) is 2. The molecule has 2 heterocycles. The lowest BCUT2D eigenvalue weighted by Crippen LogP contribution is -2.08. The van der Waals surface area contributed by atoms with Crippen LogP contribution in [0, 0.1) is 0 Å². The third-order valence-electron chi connectivity index (χ3n) is 10.1. The molecule has 0 N–H and O–H groups in total. The molecule has 3 nitrogen and oxygen atoms in total. The van der Waals surface area contributed by atoms with Crippen LogP contribution < -0.4 is 0 Å². The maximum Gasteiger partial charge on any atom is 0.160 e. The standard InChI is InChI=1S/C46H31N3/c1-3-11-30(12-4-1)42-29-43(48-46(47-42)31-13-5-2-6-14-31)34-20-19-32-23-37-27-38-28-39(22-21-33(38)24-36(37)26-35(32)25-34)49-44-17-9-7-15-40(44)41-16-8-10-18-45(41)49/h1-23,25-26,28-29H,24,27H2. The van der Waals surface area contributed by atoms with Gasteiger partial charge >= 0.3 is 0 Å². The number of para-hydroxylation sites is 2. The molecular formula is C46H31N3. The van der Waals surface area contributed by atoms with Crippen LogP contribution in [0.1, 0.15) is 22.3 Å². The fourth-order valence-electron chi connectivity index (χ4n) is 7.65. The topological polar surface area (TPSA) is 30.7 Å². The van der Waals surface area contributed by atoms with Crippen LogP contribution in [0.15, 0.2) is 164 Å². The van der Waals surface area contributed by atoms with Crippen LogP contribution in [-0.4, -0.2) is 14.5 Å². The summed E-state index contributed by atoms with van der Waals surface area (Å²) >= 11 is 0. The summed E-state index contributed by atoms with van der Waals surface area (Å²) in [5, 5.41) is 5.08. The Kier molecular flexibility index (Phi) is 6.31. The molecule has 3 heteroatoms. The van der Waals surface area contributed by atoms with E-state index in [-0.39, 0.29) is 0 Å². The van der Waals surface area contributed by atoms with Gasteiger partial charge in [0, 0.05) is 33.2 Å². The minimum absolute atomic E-state index is 0.736. The largest absolute Gasteiger partial charge is 0.309 e. The smallest absolute Gasteiger partial charge is 0.160 e. The number of rotatable bonds is 4. The lowest BCUT2D eigenvalue weighted by atomic mass is 9.84. The molecule has 7 aromatic carbocycles. The third-order valence-corrected chi connectivity index (χ3v) is 10.1. The second-order valence-electron chi connectivity index (χ2n) is 13.1. The summed E-state index contributed by atoms with van der Waals surface area (Å²) in [7, 11) is 0. The highest BCUT2D eigenvalue weighted by Crippen LogP contribution is 2.37. The van der Waals surface area contributed by atoms with Crippen molar-refractivity contribution in [2.75, 3.05) is 0 Å². The summed E-state index contributed by atoms with van der Waals surface area (Å²) in [5.41, 5.74) is 14.4. The highest BCUT2D eigenvalue weighted by molar-refractivity contribution is 6.09. The van der Waals surface area contributed by atoms with Crippen molar-refractivity contribution in [1.82, 2.24) is 14.5 Å². The summed E-state index contributed by atoms with van der Waals surface area (Å²) in [6.07, 6.45) is 1.86. The summed E-state index contributed by atoms with van der Waals surface area (Å²) in [6.45, 7) is 0. The van der Waals surface area contributed by atoms with Crippen LogP contribution >= 0.6 is 0 Å². The molecule has 0 unspecified atom stereocenters. The van der Waals surface area contributed by atoms with Crippen molar-refractivity contribution in [3.8, 4) is 39.6 Å². The number of hydrogen-bond donors (Lipinski definition) is 0. The molecule has 1 aliphatic rings. The van der Waals surface area contributed by atoms with Crippen molar-refractivity contribution in [2.24, 2.45) is 0 Å². The van der Waals surface area contributed by atoms with Gasteiger partial charge < -0.3 is 4.57 Å². The quantitative estimate of drug-likeness (QED) is 0.195. The molecule has 0 fully saturated rings. The van der Waals surface area contributed by atoms with Gasteiger partial charge in [0.15, 0.2) is 5.82 Å². The molecule has 2 aromatic heterocycles. The first-order valence-electron chi connectivity index (χ1n) is 16.9. The van der Waals surface area contributed by atoms with Crippen molar-refractivity contribution < 1.29 is 0 Å². The van der Waals surface area contributed by atoms with Gasteiger partial charge in [0.2, 0.25) is 0 Å². The first-order valence-corrected chi connectivity index (χ1v) is 16.9. The lowest BCUT2D eigenvalue weighted by Gasteiger charge is -2.22. The number of nitrogens with zero attached hydrogens (tertiary/aromatic N) is 3. The van der Waals surface area contributed by atoms with Crippen LogP contribution in [-0.2, 0) is 12.8 Å². The first-order chi connectivity index (χ1) is 24.2. The van der Waals surface area contributed by atoms with Crippen LogP contribution in [0.4, 0.5) is 0 Å². The highest BCUT2D eigenvalue weighted by Gasteiger charge is 2.19. The van der Waals surface area contributed by atoms with E-state index in [0.29, 0.717) is 0 Å². The molecule has 0 amide bonds. The molecule has 0 aliphatic heterocycles. The molecular weight excluding hydrogens is 595 g/mol. The van der Waals surface area contributed by atoms with Crippen molar-refractivity contribution in [2.45, 2.75) is 12.8 Å². The van der Waals surface area contributed by atoms with Gasteiger partial charge in [-0.25, -0.2) is 9.97 Å². The van der Waals surface area contributed by atoms with Gasteiger partial charge in [0.1, 0.15) is 0 Å². The fraction of sp³-hybridized carbons (Fsp3) is 0.0435. The Morgan fingerprint density at radius 1 is 0.388 bits per heavy atom. The van der Waals surface area contributed by atoms with E-state index in [1.807, 2.05) is 24.3 Å². The van der Waals surface area contributed by atoms with Crippen LogP contribution in [0.2, 0.25) is 0 Å². The molecule has 10 rings (SSSR count). The molecule has 0 bridgehead atoms. The van der Waals surface area contributed by atoms with Crippen LogP contribution in [0.25, 0.3) is 72.2 Å². The molecule has 0 spiro atoms. The Hall–Kier alpha value is -6.32. The molecule has 49 heavy (non-hydrogen) atoms. The van der Waals surface area contributed by atoms with Gasteiger partial charge in [-0.05, 0) is 82.3 Å². The van der Waals surface area contributed by atoms with Gasteiger partial charge in [0.25, 0.3) is 0 Å².